The van der Waals surface area contributed by atoms with Crippen molar-refractivity contribution in [2.24, 2.45) is 7.05 Å². The van der Waals surface area contributed by atoms with Crippen LogP contribution in [0.2, 0.25) is 0 Å². The highest BCUT2D eigenvalue weighted by Gasteiger charge is 2.06. The third kappa shape index (κ3) is 2.45. The number of para-hydroxylation sites is 1. The zero-order valence-corrected chi connectivity index (χ0v) is 10.9. The van der Waals surface area contributed by atoms with E-state index in [1.54, 1.807) is 17.7 Å². The van der Waals surface area contributed by atoms with E-state index in [-0.39, 0.29) is 5.56 Å². The van der Waals surface area contributed by atoms with Crippen LogP contribution in [0.25, 0.3) is 10.9 Å². The zero-order chi connectivity index (χ0) is 13.1. The molecule has 0 saturated heterocycles. The van der Waals surface area contributed by atoms with Crippen molar-refractivity contribution in [2.75, 3.05) is 6.61 Å². The molecule has 0 bridgehead atoms. The van der Waals surface area contributed by atoms with Gasteiger partial charge >= 0.3 is 0 Å². The van der Waals surface area contributed by atoms with E-state index in [9.17, 15) is 4.79 Å². The number of ether oxygens (including phenoxy) is 1. The lowest BCUT2D eigenvalue weighted by atomic mass is 10.2. The number of pyridine rings is 1. The largest absolute Gasteiger partial charge is 0.489 e. The van der Waals surface area contributed by atoms with E-state index >= 15 is 0 Å². The van der Waals surface area contributed by atoms with Gasteiger partial charge in [0.2, 0.25) is 0 Å². The van der Waals surface area contributed by atoms with Gasteiger partial charge in [0, 0.05) is 18.5 Å². The summed E-state index contributed by atoms with van der Waals surface area (Å²) in [6, 6.07) is 9.29. The Balaban J connectivity index is 2.47. The fourth-order valence-electron chi connectivity index (χ4n) is 1.80. The number of benzene rings is 1. The number of aryl methyl sites for hydroxylation is 1. The molecule has 2 rings (SSSR count). The van der Waals surface area contributed by atoms with E-state index in [0.717, 1.165) is 10.9 Å². The molecule has 0 atom stereocenters. The van der Waals surface area contributed by atoms with E-state index in [1.807, 2.05) is 44.2 Å². The molecule has 18 heavy (non-hydrogen) atoms. The molecule has 0 aliphatic heterocycles. The van der Waals surface area contributed by atoms with Gasteiger partial charge in [-0.25, -0.2) is 0 Å². The van der Waals surface area contributed by atoms with Crippen molar-refractivity contribution in [3.63, 3.8) is 0 Å². The van der Waals surface area contributed by atoms with Crippen LogP contribution in [0.4, 0.5) is 0 Å². The van der Waals surface area contributed by atoms with Crippen LogP contribution in [0.15, 0.2) is 46.8 Å². The van der Waals surface area contributed by atoms with Gasteiger partial charge in [-0.15, -0.1) is 0 Å². The first-order chi connectivity index (χ1) is 8.59. The van der Waals surface area contributed by atoms with Gasteiger partial charge in [-0.3, -0.25) is 4.79 Å². The summed E-state index contributed by atoms with van der Waals surface area (Å²) in [5.41, 5.74) is 2.03. The van der Waals surface area contributed by atoms with Crippen molar-refractivity contribution in [3.8, 4) is 5.75 Å². The molecule has 0 unspecified atom stereocenters. The minimum atomic E-state index is -0.0547. The Hall–Kier alpha value is -2.03. The Bertz CT molecular complexity index is 649. The molecule has 0 spiro atoms. The average molecular weight is 243 g/mol. The Morgan fingerprint density at radius 1 is 1.33 bits per heavy atom. The highest BCUT2D eigenvalue weighted by Crippen LogP contribution is 2.22. The number of hydrogen-bond acceptors (Lipinski definition) is 2. The summed E-state index contributed by atoms with van der Waals surface area (Å²) in [5, 5.41) is 0.960. The number of allylic oxidation sites excluding steroid dienone is 1. The third-order valence-electron chi connectivity index (χ3n) is 2.85. The Morgan fingerprint density at radius 2 is 2.06 bits per heavy atom. The molecule has 0 N–H and O–H groups in total. The summed E-state index contributed by atoms with van der Waals surface area (Å²) in [7, 11) is 1.77. The second-order valence-electron chi connectivity index (χ2n) is 4.52. The molecular formula is C15H17NO2. The van der Waals surface area contributed by atoms with Crippen LogP contribution in [0.1, 0.15) is 13.8 Å². The standard InChI is InChI=1S/C15H17NO2/c1-11(2)8-9-18-14-10-15(17)16(3)13-7-5-4-6-12(13)14/h4-8,10H,9H2,1-3H3. The van der Waals surface area contributed by atoms with Gasteiger partial charge in [-0.05, 0) is 32.1 Å². The molecule has 0 fully saturated rings. The van der Waals surface area contributed by atoms with E-state index in [0.29, 0.717) is 12.4 Å². The van der Waals surface area contributed by atoms with E-state index in [1.165, 1.54) is 5.57 Å². The summed E-state index contributed by atoms with van der Waals surface area (Å²) >= 11 is 0. The Morgan fingerprint density at radius 3 is 2.78 bits per heavy atom. The molecule has 0 saturated carbocycles. The van der Waals surface area contributed by atoms with Crippen molar-refractivity contribution in [3.05, 3.63) is 52.3 Å². The molecule has 1 aromatic heterocycles. The van der Waals surface area contributed by atoms with Gasteiger partial charge in [0.05, 0.1) is 5.52 Å². The molecule has 0 aliphatic carbocycles. The molecule has 1 heterocycles. The predicted octanol–water partition coefficient (Wildman–Crippen LogP) is 2.88. The highest BCUT2D eigenvalue weighted by molar-refractivity contribution is 5.85. The lowest BCUT2D eigenvalue weighted by molar-refractivity contribution is 0.365. The van der Waals surface area contributed by atoms with Crippen LogP contribution in [0.5, 0.6) is 5.75 Å². The summed E-state index contributed by atoms with van der Waals surface area (Å²) in [4.78, 5) is 11.8. The molecule has 94 valence electrons. The first kappa shape index (κ1) is 12.4. The third-order valence-corrected chi connectivity index (χ3v) is 2.85. The zero-order valence-electron chi connectivity index (χ0n) is 10.9. The lowest BCUT2D eigenvalue weighted by Crippen LogP contribution is -2.16. The van der Waals surface area contributed by atoms with Crippen LogP contribution in [-0.4, -0.2) is 11.2 Å². The average Bonchev–Trinajstić information content (AvgIpc) is 2.35. The van der Waals surface area contributed by atoms with Crippen LogP contribution in [0, 0.1) is 0 Å². The van der Waals surface area contributed by atoms with E-state index in [2.05, 4.69) is 0 Å². The van der Waals surface area contributed by atoms with Crippen LogP contribution < -0.4 is 10.3 Å². The summed E-state index contributed by atoms with van der Waals surface area (Å²) in [6.07, 6.45) is 1.99. The van der Waals surface area contributed by atoms with Crippen molar-refractivity contribution in [1.82, 2.24) is 4.57 Å². The molecular weight excluding hydrogens is 226 g/mol. The highest BCUT2D eigenvalue weighted by atomic mass is 16.5. The fourth-order valence-corrected chi connectivity index (χ4v) is 1.80. The number of rotatable bonds is 3. The molecule has 2 aromatic rings. The van der Waals surface area contributed by atoms with Gasteiger partial charge in [0.1, 0.15) is 12.4 Å². The van der Waals surface area contributed by atoms with Crippen LogP contribution in [0.3, 0.4) is 0 Å². The second-order valence-corrected chi connectivity index (χ2v) is 4.52. The normalized spacial score (nSPS) is 10.4. The SMILES string of the molecule is CC(C)=CCOc1cc(=O)n(C)c2ccccc12. The van der Waals surface area contributed by atoms with Crippen LogP contribution in [-0.2, 0) is 7.05 Å². The van der Waals surface area contributed by atoms with Crippen molar-refractivity contribution < 1.29 is 4.74 Å². The summed E-state index contributed by atoms with van der Waals surface area (Å²) < 4.78 is 7.30. The molecule has 0 radical (unpaired) electrons. The van der Waals surface area contributed by atoms with Crippen molar-refractivity contribution in [1.29, 1.82) is 0 Å². The van der Waals surface area contributed by atoms with Gasteiger partial charge in [-0.2, -0.15) is 0 Å². The Labute approximate surface area is 106 Å². The van der Waals surface area contributed by atoms with Gasteiger partial charge in [0.25, 0.3) is 5.56 Å². The lowest BCUT2D eigenvalue weighted by Gasteiger charge is -2.10. The minimum absolute atomic E-state index is 0.0547. The minimum Gasteiger partial charge on any atom is -0.489 e. The van der Waals surface area contributed by atoms with E-state index < -0.39 is 0 Å². The molecule has 3 heteroatoms. The summed E-state index contributed by atoms with van der Waals surface area (Å²) in [5.74, 6) is 0.645. The number of aromatic nitrogens is 1. The van der Waals surface area contributed by atoms with Crippen molar-refractivity contribution >= 4 is 10.9 Å². The first-order valence-corrected chi connectivity index (χ1v) is 5.94. The van der Waals surface area contributed by atoms with Crippen LogP contribution >= 0.6 is 0 Å². The predicted molar refractivity (Wildman–Crippen MR) is 74.1 cm³/mol. The maximum Gasteiger partial charge on any atom is 0.254 e. The number of fused-ring (bicyclic) bond motifs is 1. The fraction of sp³-hybridized carbons (Fsp3) is 0.267. The molecule has 0 aliphatic rings. The maximum atomic E-state index is 11.8. The number of hydrogen-bond donors (Lipinski definition) is 0. The van der Waals surface area contributed by atoms with Crippen molar-refractivity contribution in [2.45, 2.75) is 13.8 Å². The number of nitrogens with zero attached hydrogens (tertiary/aromatic N) is 1. The first-order valence-electron chi connectivity index (χ1n) is 5.94. The van der Waals surface area contributed by atoms with E-state index in [4.69, 9.17) is 4.74 Å². The second kappa shape index (κ2) is 5.08. The van der Waals surface area contributed by atoms with Gasteiger partial charge in [0.15, 0.2) is 0 Å². The smallest absolute Gasteiger partial charge is 0.254 e. The topological polar surface area (TPSA) is 31.2 Å². The van der Waals surface area contributed by atoms with Gasteiger partial charge < -0.3 is 9.30 Å². The molecule has 3 nitrogen and oxygen atoms in total. The summed E-state index contributed by atoms with van der Waals surface area (Å²) in [6.45, 7) is 4.52. The quantitative estimate of drug-likeness (QED) is 0.776. The Kier molecular flexibility index (Phi) is 3.51. The monoisotopic (exact) mass is 243 g/mol. The molecule has 1 aromatic carbocycles. The van der Waals surface area contributed by atoms with Gasteiger partial charge in [-0.1, -0.05) is 17.7 Å². The molecule has 0 amide bonds. The maximum absolute atomic E-state index is 11.8.